The van der Waals surface area contributed by atoms with Crippen molar-refractivity contribution in [3.63, 3.8) is 0 Å². The molecular weight excluding hydrogens is 321 g/mol. The third-order valence-electron chi connectivity index (χ3n) is 3.79. The first-order valence-corrected chi connectivity index (χ1v) is 7.20. The van der Waals surface area contributed by atoms with Crippen LogP contribution in [-0.4, -0.2) is 18.0 Å². The minimum Gasteiger partial charge on any atom is -0.348 e. The van der Waals surface area contributed by atoms with Crippen molar-refractivity contribution in [2.75, 3.05) is 0 Å². The molecule has 0 radical (unpaired) electrons. The van der Waals surface area contributed by atoms with Crippen molar-refractivity contribution in [3.05, 3.63) is 70.8 Å². The molecule has 0 saturated carbocycles. The monoisotopic (exact) mass is 334 g/mol. The summed E-state index contributed by atoms with van der Waals surface area (Å²) in [6.07, 6.45) is -4.62. The molecular formula is C17H13F3N2O2. The number of amides is 2. The van der Waals surface area contributed by atoms with Gasteiger partial charge >= 0.3 is 6.18 Å². The second kappa shape index (κ2) is 5.99. The van der Waals surface area contributed by atoms with Gasteiger partial charge in [0.05, 0.1) is 0 Å². The van der Waals surface area contributed by atoms with Crippen LogP contribution in [0.15, 0.2) is 48.5 Å². The Bertz CT molecular complexity index is 788. The number of fused-ring (bicyclic) bond motifs is 1. The molecule has 7 heteroatoms. The number of hydrogen-bond acceptors (Lipinski definition) is 2. The van der Waals surface area contributed by atoms with E-state index in [2.05, 4.69) is 5.32 Å². The van der Waals surface area contributed by atoms with Gasteiger partial charge in [0.25, 0.3) is 11.8 Å². The Labute approximate surface area is 135 Å². The van der Waals surface area contributed by atoms with Crippen LogP contribution in [0, 0.1) is 0 Å². The Hall–Kier alpha value is -2.83. The van der Waals surface area contributed by atoms with Crippen LogP contribution in [0.3, 0.4) is 0 Å². The van der Waals surface area contributed by atoms with E-state index in [1.165, 1.54) is 42.5 Å². The van der Waals surface area contributed by atoms with Gasteiger partial charge in [0, 0.05) is 17.7 Å². The molecule has 1 aliphatic heterocycles. The number of rotatable bonds is 3. The van der Waals surface area contributed by atoms with Crippen LogP contribution in [0.2, 0.25) is 0 Å². The van der Waals surface area contributed by atoms with E-state index in [1.54, 1.807) is 6.07 Å². The lowest BCUT2D eigenvalue weighted by Crippen LogP contribution is -2.38. The van der Waals surface area contributed by atoms with Crippen molar-refractivity contribution in [1.82, 2.24) is 10.6 Å². The van der Waals surface area contributed by atoms with Crippen LogP contribution < -0.4 is 10.6 Å². The molecule has 4 nitrogen and oxygen atoms in total. The van der Waals surface area contributed by atoms with Crippen LogP contribution in [0.25, 0.3) is 0 Å². The Morgan fingerprint density at radius 3 is 2.50 bits per heavy atom. The molecule has 2 amide bonds. The molecule has 2 N–H and O–H groups in total. The molecule has 0 bridgehead atoms. The van der Waals surface area contributed by atoms with Crippen molar-refractivity contribution in [1.29, 1.82) is 0 Å². The van der Waals surface area contributed by atoms with Gasteiger partial charge in [-0.1, -0.05) is 30.3 Å². The van der Waals surface area contributed by atoms with Gasteiger partial charge in [0.2, 0.25) is 0 Å². The van der Waals surface area contributed by atoms with E-state index >= 15 is 0 Å². The second-order valence-corrected chi connectivity index (χ2v) is 5.41. The van der Waals surface area contributed by atoms with Gasteiger partial charge in [-0.2, -0.15) is 13.2 Å². The molecule has 0 fully saturated rings. The summed E-state index contributed by atoms with van der Waals surface area (Å²) in [6.45, 7) is 0.261. The highest BCUT2D eigenvalue weighted by atomic mass is 19.4. The molecule has 0 saturated heterocycles. The summed E-state index contributed by atoms with van der Waals surface area (Å²) in [5.41, 5.74) is 1.06. The Morgan fingerprint density at radius 1 is 1.12 bits per heavy atom. The molecule has 0 aliphatic carbocycles. The largest absolute Gasteiger partial charge is 0.412 e. The van der Waals surface area contributed by atoms with Crippen molar-refractivity contribution in [3.8, 4) is 0 Å². The van der Waals surface area contributed by atoms with E-state index in [9.17, 15) is 22.8 Å². The van der Waals surface area contributed by atoms with Crippen molar-refractivity contribution in [2.45, 2.75) is 18.8 Å². The third kappa shape index (κ3) is 3.10. The predicted molar refractivity (Wildman–Crippen MR) is 80.3 cm³/mol. The van der Waals surface area contributed by atoms with Crippen LogP contribution in [0.5, 0.6) is 0 Å². The minimum absolute atomic E-state index is 0.0450. The lowest BCUT2D eigenvalue weighted by Gasteiger charge is -2.22. The summed E-state index contributed by atoms with van der Waals surface area (Å²) in [5.74, 6) is -1.10. The van der Waals surface area contributed by atoms with E-state index < -0.39 is 18.1 Å². The molecule has 3 rings (SSSR count). The summed E-state index contributed by atoms with van der Waals surface area (Å²) < 4.78 is 39.8. The SMILES string of the molecule is O=C(N[C@H](c1ccccc1)C(F)(F)F)c1ccc2c(c1)CNC2=O. The van der Waals surface area contributed by atoms with Gasteiger partial charge in [-0.05, 0) is 29.3 Å². The first-order valence-electron chi connectivity index (χ1n) is 7.20. The predicted octanol–water partition coefficient (Wildman–Crippen LogP) is 2.96. The third-order valence-corrected chi connectivity index (χ3v) is 3.79. The molecule has 24 heavy (non-hydrogen) atoms. The summed E-state index contributed by atoms with van der Waals surface area (Å²) in [7, 11) is 0. The average molecular weight is 334 g/mol. The van der Waals surface area contributed by atoms with E-state index in [0.29, 0.717) is 11.1 Å². The molecule has 1 aliphatic rings. The average Bonchev–Trinajstić information content (AvgIpc) is 2.93. The van der Waals surface area contributed by atoms with E-state index in [4.69, 9.17) is 0 Å². The van der Waals surface area contributed by atoms with E-state index in [-0.39, 0.29) is 23.6 Å². The number of nitrogens with one attached hydrogen (secondary N) is 2. The zero-order chi connectivity index (χ0) is 17.3. The first kappa shape index (κ1) is 16.0. The standard InChI is InChI=1S/C17H13F3N2O2/c18-17(19,20)14(10-4-2-1-3-5-10)22-15(23)11-6-7-13-12(8-11)9-21-16(13)24/h1-8,14H,9H2,(H,21,24)(H,22,23)/t14-/m1/s1. The highest BCUT2D eigenvalue weighted by Crippen LogP contribution is 2.32. The molecule has 1 heterocycles. The number of alkyl halides is 3. The molecule has 0 aromatic heterocycles. The maximum absolute atomic E-state index is 13.3. The minimum atomic E-state index is -4.62. The molecule has 1 atom stereocenters. The number of carbonyl (C=O) groups is 2. The number of carbonyl (C=O) groups excluding carboxylic acids is 2. The number of halogens is 3. The Balaban J connectivity index is 1.86. The highest BCUT2D eigenvalue weighted by molar-refractivity contribution is 6.01. The Kier molecular flexibility index (Phi) is 4.01. The fourth-order valence-electron chi connectivity index (χ4n) is 2.59. The van der Waals surface area contributed by atoms with Gasteiger partial charge in [0.15, 0.2) is 6.04 Å². The molecule has 0 unspecified atom stereocenters. The lowest BCUT2D eigenvalue weighted by molar-refractivity contribution is -0.155. The number of benzene rings is 2. The van der Waals surface area contributed by atoms with Crippen LogP contribution >= 0.6 is 0 Å². The van der Waals surface area contributed by atoms with Gasteiger partial charge in [-0.15, -0.1) is 0 Å². The van der Waals surface area contributed by atoms with Gasteiger partial charge in [0.1, 0.15) is 0 Å². The van der Waals surface area contributed by atoms with Crippen LogP contribution in [0.4, 0.5) is 13.2 Å². The van der Waals surface area contributed by atoms with E-state index in [1.807, 2.05) is 5.32 Å². The summed E-state index contributed by atoms with van der Waals surface area (Å²) in [5, 5.41) is 4.61. The molecule has 2 aromatic rings. The normalized spacial score (nSPS) is 14.7. The summed E-state index contributed by atoms with van der Waals surface area (Å²) in [6, 6.07) is 9.30. The fraction of sp³-hybridized carbons (Fsp3) is 0.176. The quantitative estimate of drug-likeness (QED) is 0.907. The van der Waals surface area contributed by atoms with Gasteiger partial charge < -0.3 is 10.6 Å². The zero-order valence-corrected chi connectivity index (χ0v) is 12.4. The van der Waals surface area contributed by atoms with Gasteiger partial charge in [-0.3, -0.25) is 9.59 Å². The zero-order valence-electron chi connectivity index (χ0n) is 12.4. The van der Waals surface area contributed by atoms with Crippen molar-refractivity contribution in [2.24, 2.45) is 0 Å². The topological polar surface area (TPSA) is 58.2 Å². The van der Waals surface area contributed by atoms with Crippen LogP contribution in [0.1, 0.15) is 37.9 Å². The smallest absolute Gasteiger partial charge is 0.348 e. The first-order chi connectivity index (χ1) is 11.4. The second-order valence-electron chi connectivity index (χ2n) is 5.41. The van der Waals surface area contributed by atoms with Gasteiger partial charge in [-0.25, -0.2) is 0 Å². The molecule has 0 spiro atoms. The van der Waals surface area contributed by atoms with Crippen molar-refractivity contribution < 1.29 is 22.8 Å². The van der Waals surface area contributed by atoms with Crippen molar-refractivity contribution >= 4 is 11.8 Å². The Morgan fingerprint density at radius 2 is 1.83 bits per heavy atom. The number of hydrogen-bond donors (Lipinski definition) is 2. The maximum Gasteiger partial charge on any atom is 0.412 e. The van der Waals surface area contributed by atoms with Crippen LogP contribution in [-0.2, 0) is 6.54 Å². The molecule has 2 aromatic carbocycles. The molecule has 124 valence electrons. The summed E-state index contributed by atoms with van der Waals surface area (Å²) >= 11 is 0. The lowest BCUT2D eigenvalue weighted by atomic mass is 10.0. The summed E-state index contributed by atoms with van der Waals surface area (Å²) in [4.78, 5) is 23.7. The van der Waals surface area contributed by atoms with E-state index in [0.717, 1.165) is 0 Å². The highest BCUT2D eigenvalue weighted by Gasteiger charge is 2.42. The fourth-order valence-corrected chi connectivity index (χ4v) is 2.59. The maximum atomic E-state index is 13.3.